The average molecular weight is 1830 g/mol. The molecule has 0 amide bonds. The monoisotopic (exact) mass is 1830 g/mol. The fourth-order valence-electron chi connectivity index (χ4n) is 15.8. The van der Waals surface area contributed by atoms with Crippen molar-refractivity contribution in [1.82, 2.24) is 0 Å². The number of carbonyl (C=O) groups excluding carboxylic acids is 2. The molecule has 2 N–H and O–H groups in total. The zero-order valence-electron chi connectivity index (χ0n) is 78.0. The van der Waals surface area contributed by atoms with Gasteiger partial charge in [0.05, 0.1) is 39.6 Å². The summed E-state index contributed by atoms with van der Waals surface area (Å²) in [6.07, 6.45) is 19.6. The van der Waals surface area contributed by atoms with E-state index in [1.54, 1.807) is 41.5 Å². The number of hydrogen-bond acceptors (Lipinski definition) is 16. The Bertz CT molecular complexity index is 3810. The molecule has 11 rings (SSSR count). The molecule has 0 saturated carbocycles. The molecule has 4 aromatic rings. The number of Topliss-reactive ketones (excluding diaryl/α,β-unsaturated/α-hetero) is 2. The number of allylic oxidation sites excluding steroid dienone is 4. The van der Waals surface area contributed by atoms with Gasteiger partial charge in [-0.3, -0.25) is 9.59 Å². The van der Waals surface area contributed by atoms with E-state index < -0.39 is 25.7 Å². The molecule has 0 radical (unpaired) electrons. The number of unbranched alkanes of at least 4 members (excludes halogenated alkanes) is 8. The molecule has 6 heterocycles. The summed E-state index contributed by atoms with van der Waals surface area (Å²) in [7, 11) is 0. The van der Waals surface area contributed by atoms with Gasteiger partial charge in [-0.1, -0.05) is 62.4 Å². The van der Waals surface area contributed by atoms with Gasteiger partial charge in [-0.05, 0) is 287 Å². The van der Waals surface area contributed by atoms with E-state index in [-0.39, 0.29) is 105 Å². The quantitative estimate of drug-likeness (QED) is 0.00842. The zero-order valence-corrected chi connectivity index (χ0v) is 79.6. The van der Waals surface area contributed by atoms with Crippen LogP contribution in [0.1, 0.15) is 323 Å². The van der Waals surface area contributed by atoms with Crippen molar-refractivity contribution in [2.45, 2.75) is 405 Å². The van der Waals surface area contributed by atoms with E-state index in [0.29, 0.717) is 96.8 Å². The summed E-state index contributed by atoms with van der Waals surface area (Å²) in [4.78, 5) is 24.0. The van der Waals surface area contributed by atoms with Crippen LogP contribution in [0.3, 0.4) is 0 Å². The fourth-order valence-corrected chi connectivity index (χ4v) is 16.2. The third-order valence-electron chi connectivity index (χ3n) is 24.3. The number of alkyl halides is 9. The molecule has 6 aliphatic heterocycles. The van der Waals surface area contributed by atoms with E-state index in [4.69, 9.17) is 56.8 Å². The van der Waals surface area contributed by atoms with Crippen molar-refractivity contribution in [2.24, 2.45) is 0 Å². The molecule has 6 fully saturated rings. The Balaban J connectivity index is 0.000000273. The van der Waals surface area contributed by atoms with Crippen LogP contribution >= 0.6 is 15.9 Å². The molecule has 0 aromatic heterocycles. The number of hydrogen-bond donors (Lipinski definition) is 2. The first-order chi connectivity index (χ1) is 59.3. The molecule has 7 aliphatic rings. The number of halogens is 9. The number of carbonyl (C=O) groups is 2. The summed E-state index contributed by atoms with van der Waals surface area (Å²) in [5.41, 5.74) is 15.7. The summed E-state index contributed by atoms with van der Waals surface area (Å²) >= 11 is 3.23. The van der Waals surface area contributed by atoms with E-state index in [0.717, 1.165) is 282 Å². The van der Waals surface area contributed by atoms with Crippen molar-refractivity contribution in [3.05, 3.63) is 112 Å². The summed E-state index contributed by atoms with van der Waals surface area (Å²) in [5.74, 6) is 5.57. The van der Waals surface area contributed by atoms with E-state index >= 15 is 0 Å². The fraction of sp³-hybridized carbons (Fsp3) is 0.697. The minimum absolute atomic E-state index is 0. The average Bonchev–Trinajstić information content (AvgIpc) is 0.796. The Hall–Kier alpha value is -5.62. The third kappa shape index (κ3) is 36.9. The van der Waals surface area contributed by atoms with E-state index in [9.17, 15) is 54.9 Å². The van der Waals surface area contributed by atoms with Crippen molar-refractivity contribution in [1.29, 1.82) is 0 Å². The zero-order chi connectivity index (χ0) is 91.0. The van der Waals surface area contributed by atoms with Crippen LogP contribution in [0.4, 0.5) is 35.1 Å². The molecule has 0 bridgehead atoms. The third-order valence-corrected chi connectivity index (χ3v) is 24.8. The minimum atomic E-state index is -2.26. The molecule has 1 aliphatic carbocycles. The second kappa shape index (κ2) is 58.9. The number of ether oxygens (including phenoxy) is 12. The van der Waals surface area contributed by atoms with E-state index in [2.05, 4.69) is 83.5 Å². The van der Waals surface area contributed by atoms with Crippen LogP contribution in [-0.2, 0) is 50.9 Å². The number of phenols is 2. The largest absolute Gasteiger partial charge is 1.00 e. The topological polar surface area (TPSA) is 185 Å². The Morgan fingerprint density at radius 2 is 0.696 bits per heavy atom. The first kappa shape index (κ1) is 110. The van der Waals surface area contributed by atoms with Crippen molar-refractivity contribution in [3.8, 4) is 46.0 Å². The van der Waals surface area contributed by atoms with E-state index in [1.165, 1.54) is 12.8 Å². The molecule has 6 saturated heterocycles. The van der Waals surface area contributed by atoms with Gasteiger partial charge >= 0.3 is 18.9 Å². The van der Waals surface area contributed by atoms with Gasteiger partial charge in [-0.2, -0.15) is 0 Å². The van der Waals surface area contributed by atoms with Gasteiger partial charge in [0.15, 0.2) is 49.3 Å². The van der Waals surface area contributed by atoms with Gasteiger partial charge in [0.25, 0.3) is 0 Å². The number of aromatic hydroxyl groups is 2. The van der Waals surface area contributed by atoms with Gasteiger partial charge in [-0.25, -0.2) is 35.1 Å². The molecule has 4 aromatic carbocycles. The SMILES string of the molecule is CC1=C(C)C(=O)C(CCCCCC(F)F)=C(C)C1=O.Cc1[c-]c(OC2CCCCO2)c(C)c(C)c1OC1CCCCO1.Cc1c(C)c(O)c(CCCCCC(F)F)c(C)c1O.Cc1c(C)c(OC2CCCCO2)c(CCCCCC(F)F)c(C)c1OC1CCCCO1.Cc1cc(OC2CCCCO2)c(C)c(C)c1OC1CCCCO1.FC(F)CCCCCBr.[Li+]. The van der Waals surface area contributed by atoms with E-state index in [1.807, 2.05) is 6.92 Å². The Kier molecular flexibility index (Phi) is 51.8. The summed E-state index contributed by atoms with van der Waals surface area (Å²) in [6.45, 7) is 33.5. The maximum absolute atomic E-state index is 12.5. The number of rotatable bonds is 35. The molecular weight excluding hydrogens is 1680 g/mol. The van der Waals surface area contributed by atoms with Gasteiger partial charge < -0.3 is 67.1 Å². The Labute approximate surface area is 761 Å². The van der Waals surface area contributed by atoms with Gasteiger partial charge in [0.2, 0.25) is 25.7 Å². The van der Waals surface area contributed by atoms with Crippen molar-refractivity contribution in [3.63, 3.8) is 0 Å². The second-order valence-electron chi connectivity index (χ2n) is 33.9. The maximum Gasteiger partial charge on any atom is 1.00 e. The molecule has 16 nitrogen and oxygen atoms in total. The summed E-state index contributed by atoms with van der Waals surface area (Å²) in [5, 5.41) is 21.0. The minimum Gasteiger partial charge on any atom is -0.525 e. The van der Waals surface area contributed by atoms with Crippen molar-refractivity contribution in [2.75, 3.05) is 45.0 Å². The predicted octanol–water partition coefficient (Wildman–Crippen LogP) is 24.0. The molecule has 125 heavy (non-hydrogen) atoms. The number of aryl methyl sites for hydroxylation is 2. The Morgan fingerprint density at radius 1 is 0.352 bits per heavy atom. The van der Waals surface area contributed by atoms with Crippen LogP contribution in [0.2, 0.25) is 0 Å². The summed E-state index contributed by atoms with van der Waals surface area (Å²) < 4.78 is 167. The maximum atomic E-state index is 12.5. The first-order valence-electron chi connectivity index (χ1n) is 45.9. The molecular formula is C99H146BrF8LiO16. The van der Waals surface area contributed by atoms with Crippen molar-refractivity contribution >= 4 is 27.5 Å². The molecule has 0 spiro atoms. The standard InChI is InChI=1S/C25H38F2O4.C19H28O4.C19H27O4.C15H22F2O2.C15H20F2O2.C6H11BrF2.Li/c1-17-18(2)25(31-23-14-8-10-16-29-23)20(11-5-4-6-12-21(26)27)19(3)24(17)30-22-13-7-9-15-28-22;2*1-13-12-16(22-17-8-4-6-10-20-17)14(2)15(3)19(13)23-18-9-5-7-11-21-18;2*1-9-10(2)15(19)12(11(3)14(9)18)7-5-4-6-8-13(16)17;7-5-3-1-2-4-6(8)9;/h21-23H,4-16H2,1-3H3;12,17-18H,4-11H2,1-3H3;17-18H,4-11H2,1-3H3;13,18-19H,4-8H2,1-3H3;13H,4-8H2,1-3H3;6H,1-5H2;/q;;-1;;;;+1. The smallest absolute Gasteiger partial charge is 0.525 e. The van der Waals surface area contributed by atoms with Crippen LogP contribution in [-0.4, -0.2) is 130 Å². The van der Waals surface area contributed by atoms with Crippen LogP contribution in [0.15, 0.2) is 28.4 Å². The molecule has 6 unspecified atom stereocenters. The predicted molar refractivity (Wildman–Crippen MR) is 475 cm³/mol. The van der Waals surface area contributed by atoms with Crippen molar-refractivity contribution < 1.29 is 131 Å². The number of phenolic OH excluding ortho intramolecular Hbond substituents is 2. The molecule has 6 atom stereocenters. The van der Waals surface area contributed by atoms with Crippen LogP contribution in [0.5, 0.6) is 46.0 Å². The summed E-state index contributed by atoms with van der Waals surface area (Å²) in [6, 6.07) is 5.41. The number of ketones is 2. The van der Waals surface area contributed by atoms with Crippen LogP contribution in [0.25, 0.3) is 0 Å². The van der Waals surface area contributed by atoms with Crippen LogP contribution < -0.4 is 47.3 Å². The van der Waals surface area contributed by atoms with Crippen LogP contribution in [0, 0.1) is 89.2 Å². The molecule has 702 valence electrons. The van der Waals surface area contributed by atoms with Gasteiger partial charge in [-0.15, -0.1) is 22.8 Å². The first-order valence-corrected chi connectivity index (χ1v) is 47.0. The Morgan fingerprint density at radius 3 is 1.11 bits per heavy atom. The number of benzene rings is 4. The normalized spacial score (nSPS) is 19.8. The molecule has 26 heteroatoms. The van der Waals surface area contributed by atoms with Gasteiger partial charge in [0.1, 0.15) is 34.5 Å². The second-order valence-corrected chi connectivity index (χ2v) is 34.7. The van der Waals surface area contributed by atoms with Gasteiger partial charge in [0, 0.05) is 114 Å².